The zero-order chi connectivity index (χ0) is 7.56. The Kier molecular flexibility index (Phi) is 4.09. The van der Waals surface area contributed by atoms with Crippen molar-refractivity contribution in [1.82, 2.24) is 0 Å². The Morgan fingerprint density at radius 1 is 1.27 bits per heavy atom. The number of nitrogens with two attached hydrogens (primary N) is 1. The van der Waals surface area contributed by atoms with Gasteiger partial charge in [-0.05, 0) is 24.3 Å². The predicted molar refractivity (Wildman–Crippen MR) is 47.7 cm³/mol. The van der Waals surface area contributed by atoms with Crippen LogP contribution >= 0.6 is 0 Å². The van der Waals surface area contributed by atoms with Gasteiger partial charge in [-0.15, -0.1) is 0 Å². The van der Waals surface area contributed by atoms with Crippen LogP contribution in [-0.2, 0) is 0 Å². The van der Waals surface area contributed by atoms with Crippen LogP contribution in [0.3, 0.4) is 0 Å². The molecular weight excluding hydrogens is 337 g/mol. The first-order valence-electron chi connectivity index (χ1n) is 2.83. The van der Waals surface area contributed by atoms with Crippen LogP contribution in [0.1, 0.15) is 5.56 Å². The summed E-state index contributed by atoms with van der Waals surface area (Å²) in [4.78, 5) is 8.66. The number of carbonyl (C=O) groups excluding carboxylic acids is 1. The molecule has 0 unspecified atom stereocenters. The van der Waals surface area contributed by atoms with Crippen LogP contribution in [0, 0.1) is 0 Å². The van der Waals surface area contributed by atoms with Crippen molar-refractivity contribution in [1.29, 1.82) is 0 Å². The summed E-state index contributed by atoms with van der Waals surface area (Å²) in [5, 5.41) is 6.82. The zero-order valence-electron chi connectivity index (χ0n) is 5.91. The molecule has 3 radical (unpaired) electrons. The molecule has 11 heavy (non-hydrogen) atoms. The quantitative estimate of drug-likeness (QED) is 0.403. The average molecular weight is 347 g/mol. The maximum atomic E-state index is 8.66. The van der Waals surface area contributed by atoms with E-state index in [1.807, 2.05) is 0 Å². The third-order valence-corrected chi connectivity index (χ3v) is 1.18. The standard InChI is InChI=1S/C7H7NO2.Pb.H/c8-6-3-1-5(2-4-6)7(9)10;;/h1-4H,8H2,(H,9,10);;/p+2. The van der Waals surface area contributed by atoms with Gasteiger partial charge in [0.1, 0.15) is 0 Å². The van der Waals surface area contributed by atoms with Crippen molar-refractivity contribution in [3.05, 3.63) is 29.8 Å². The van der Waals surface area contributed by atoms with E-state index in [1.165, 1.54) is 0 Å². The number of nitrogen functional groups attached to an aromatic ring is 1. The zero-order valence-corrected chi connectivity index (χ0v) is 10.4. The van der Waals surface area contributed by atoms with E-state index in [2.05, 4.69) is 0 Å². The average Bonchev–Trinajstić information content (AvgIpc) is 1.88. The van der Waals surface area contributed by atoms with E-state index >= 15 is 0 Å². The Morgan fingerprint density at radius 3 is 2.09 bits per heavy atom. The fourth-order valence-electron chi connectivity index (χ4n) is 0.641. The molecule has 0 aliphatic rings. The molecule has 4 heteroatoms. The maximum absolute atomic E-state index is 8.66. The third kappa shape index (κ3) is 2.87. The molecule has 0 bridgehead atoms. The van der Waals surface area contributed by atoms with Crippen LogP contribution in [-0.4, -0.2) is 43.2 Å². The van der Waals surface area contributed by atoms with Crippen molar-refractivity contribution in [2.24, 2.45) is 0 Å². The summed E-state index contributed by atoms with van der Waals surface area (Å²) in [7, 11) is 0. The molecule has 0 spiro atoms. The van der Waals surface area contributed by atoms with E-state index < -0.39 is 5.97 Å². The van der Waals surface area contributed by atoms with Gasteiger partial charge < -0.3 is 10.8 Å². The molecule has 0 saturated heterocycles. The molecule has 0 aliphatic carbocycles. The van der Waals surface area contributed by atoms with Gasteiger partial charge in [-0.2, -0.15) is 4.79 Å². The van der Waals surface area contributed by atoms with Gasteiger partial charge in [-0.1, -0.05) is 0 Å². The molecule has 1 aromatic rings. The normalized spacial score (nSPS) is 8.36. The van der Waals surface area contributed by atoms with Crippen LogP contribution in [0.15, 0.2) is 24.3 Å². The van der Waals surface area contributed by atoms with Crippen molar-refractivity contribution in [2.45, 2.75) is 0 Å². The molecule has 1 rings (SSSR count). The second-order valence-electron chi connectivity index (χ2n) is 1.97. The first-order chi connectivity index (χ1) is 4.70. The van der Waals surface area contributed by atoms with Gasteiger partial charge in [-0.25, -0.2) is 0 Å². The SMILES string of the molecule is Nc1ccc(C(=[OH+])[OH2+])cc1.[PbH]. The van der Waals surface area contributed by atoms with Crippen molar-refractivity contribution in [3.8, 4) is 0 Å². The molecular formula is C7H10NO2Pb+2. The van der Waals surface area contributed by atoms with Gasteiger partial charge in [0.25, 0.3) is 0 Å². The van der Waals surface area contributed by atoms with Crippen molar-refractivity contribution in [3.63, 3.8) is 0 Å². The molecule has 0 amide bonds. The molecule has 3 nitrogen and oxygen atoms in total. The summed E-state index contributed by atoms with van der Waals surface area (Å²) >= 11 is 0. The van der Waals surface area contributed by atoms with E-state index in [1.54, 1.807) is 24.3 Å². The molecule has 0 heterocycles. The summed E-state index contributed by atoms with van der Waals surface area (Å²) in [6, 6.07) is 6.47. The van der Waals surface area contributed by atoms with Gasteiger partial charge in [0.05, 0.1) is 0 Å². The number of hydrogen-bond acceptors (Lipinski definition) is 1. The fourth-order valence-corrected chi connectivity index (χ4v) is 0.641. The minimum absolute atomic E-state index is 0. The van der Waals surface area contributed by atoms with E-state index in [4.69, 9.17) is 15.6 Å². The number of hydrogen-bond donors (Lipinski definition) is 1. The van der Waals surface area contributed by atoms with E-state index in [0.717, 1.165) is 0 Å². The van der Waals surface area contributed by atoms with E-state index in [-0.39, 0.29) is 27.3 Å². The van der Waals surface area contributed by atoms with Crippen LogP contribution in [0.2, 0.25) is 0 Å². The molecule has 0 atom stereocenters. The van der Waals surface area contributed by atoms with E-state index in [0.29, 0.717) is 11.3 Å². The molecule has 5 N–H and O–H groups in total. The molecule has 0 aromatic heterocycles. The Balaban J connectivity index is 0.000001000. The fraction of sp³-hybridized carbons (Fsp3) is 0. The predicted octanol–water partition coefficient (Wildman–Crippen LogP) is -0.805. The second-order valence-corrected chi connectivity index (χ2v) is 1.97. The van der Waals surface area contributed by atoms with Crippen LogP contribution in [0.4, 0.5) is 5.69 Å². The topological polar surface area (TPSA) is 70.3 Å². The minimum atomic E-state index is -0.431. The third-order valence-electron chi connectivity index (χ3n) is 1.18. The summed E-state index contributed by atoms with van der Waals surface area (Å²) in [5.74, 6) is -0.431. The summed E-state index contributed by atoms with van der Waals surface area (Å²) in [6.45, 7) is 0. The number of rotatable bonds is 1. The number of anilines is 1. The Morgan fingerprint density at radius 2 is 1.73 bits per heavy atom. The Bertz CT molecular complexity index is 245. The van der Waals surface area contributed by atoms with Crippen LogP contribution < -0.4 is 5.73 Å². The van der Waals surface area contributed by atoms with Gasteiger partial charge in [0.2, 0.25) is 0 Å². The monoisotopic (exact) mass is 348 g/mol. The Hall–Kier alpha value is -0.588. The Labute approximate surface area is 84.4 Å². The second kappa shape index (κ2) is 4.32. The first kappa shape index (κ1) is 10.4. The summed E-state index contributed by atoms with van der Waals surface area (Å²) in [6.07, 6.45) is 0. The van der Waals surface area contributed by atoms with E-state index in [9.17, 15) is 0 Å². The van der Waals surface area contributed by atoms with Gasteiger partial charge in [-0.3, -0.25) is 0 Å². The molecule has 0 saturated carbocycles. The molecule has 0 fully saturated rings. The van der Waals surface area contributed by atoms with Gasteiger partial charge >= 0.3 is 33.3 Å². The van der Waals surface area contributed by atoms with Gasteiger partial charge in [0, 0.05) is 5.69 Å². The molecule has 1 aromatic carbocycles. The van der Waals surface area contributed by atoms with Crippen molar-refractivity contribution >= 4 is 39.0 Å². The van der Waals surface area contributed by atoms with Gasteiger partial charge in [0.15, 0.2) is 5.56 Å². The van der Waals surface area contributed by atoms with Crippen LogP contribution in [0.25, 0.3) is 0 Å². The molecule has 57 valence electrons. The first-order valence-corrected chi connectivity index (χ1v) is 2.83. The van der Waals surface area contributed by atoms with Crippen LogP contribution in [0.5, 0.6) is 0 Å². The number of benzene rings is 1. The molecule has 0 aliphatic heterocycles. The summed E-state index contributed by atoms with van der Waals surface area (Å²) < 4.78 is 0. The van der Waals surface area contributed by atoms with Crippen molar-refractivity contribution in [2.75, 3.05) is 5.73 Å². The summed E-state index contributed by atoms with van der Waals surface area (Å²) in [5.41, 5.74) is 6.49. The van der Waals surface area contributed by atoms with Crippen molar-refractivity contribution < 1.29 is 9.90 Å².